The second kappa shape index (κ2) is 9.71. The van der Waals surface area contributed by atoms with Crippen LogP contribution in [0.2, 0.25) is 0 Å². The molecule has 1 heterocycles. The van der Waals surface area contributed by atoms with Crippen LogP contribution in [-0.4, -0.2) is 39.5 Å². The van der Waals surface area contributed by atoms with E-state index in [0.717, 1.165) is 11.8 Å². The van der Waals surface area contributed by atoms with Crippen LogP contribution in [0.1, 0.15) is 55.3 Å². The average Bonchev–Trinajstić information content (AvgIpc) is 2.67. The van der Waals surface area contributed by atoms with Crippen LogP contribution in [0.4, 0.5) is 11.5 Å². The molecule has 30 heavy (non-hydrogen) atoms. The van der Waals surface area contributed by atoms with Crippen LogP contribution < -0.4 is 11.1 Å². The van der Waals surface area contributed by atoms with Crippen molar-refractivity contribution < 1.29 is 19.1 Å². The maximum atomic E-state index is 12.7. The molecule has 0 aliphatic rings. The van der Waals surface area contributed by atoms with Crippen LogP contribution in [-0.2, 0) is 9.53 Å². The number of nitrogen functional groups attached to an aromatic ring is 1. The molecule has 2 aromatic rings. The zero-order valence-electron chi connectivity index (χ0n) is 17.7. The summed E-state index contributed by atoms with van der Waals surface area (Å²) in [6, 6.07) is 6.71. The number of thioether (sulfide) groups is 1. The highest BCUT2D eigenvalue weighted by Crippen LogP contribution is 2.25. The van der Waals surface area contributed by atoms with Crippen LogP contribution in [0.5, 0.6) is 0 Å². The van der Waals surface area contributed by atoms with E-state index in [0.29, 0.717) is 11.3 Å². The Labute approximate surface area is 180 Å². The molecule has 1 amide bonds. The van der Waals surface area contributed by atoms with E-state index >= 15 is 0 Å². The molecule has 2 rings (SSSR count). The van der Waals surface area contributed by atoms with Crippen LogP contribution in [0.3, 0.4) is 0 Å². The molecule has 160 valence electrons. The SMILES string of the molecule is CCOC(=O)c1cnc(SC(C)C(=O)c2ccc(NC(=O)C(C)(C)C)cc2)nc1N. The number of carbonyl (C=O) groups excluding carboxylic acids is 3. The summed E-state index contributed by atoms with van der Waals surface area (Å²) in [4.78, 5) is 44.7. The number of Topliss-reactive ketones (excluding diaryl/α,β-unsaturated/α-hetero) is 1. The van der Waals surface area contributed by atoms with Crippen molar-refractivity contribution in [3.05, 3.63) is 41.6 Å². The van der Waals surface area contributed by atoms with Crippen LogP contribution in [0, 0.1) is 5.41 Å². The third-order valence-electron chi connectivity index (χ3n) is 4.05. The van der Waals surface area contributed by atoms with E-state index in [9.17, 15) is 14.4 Å². The fraction of sp³-hybridized carbons (Fsp3) is 0.381. The first kappa shape index (κ1) is 23.3. The molecular formula is C21H26N4O4S. The molecule has 0 aliphatic heterocycles. The van der Waals surface area contributed by atoms with Crippen molar-refractivity contribution in [1.82, 2.24) is 9.97 Å². The maximum Gasteiger partial charge on any atom is 0.343 e. The Hall–Kier alpha value is -2.94. The summed E-state index contributed by atoms with van der Waals surface area (Å²) in [6.45, 7) is 9.13. The Bertz CT molecular complexity index is 939. The smallest absolute Gasteiger partial charge is 0.343 e. The zero-order valence-corrected chi connectivity index (χ0v) is 18.5. The third kappa shape index (κ3) is 6.03. The second-order valence-electron chi connectivity index (χ2n) is 7.58. The van der Waals surface area contributed by atoms with Gasteiger partial charge in [-0.2, -0.15) is 0 Å². The lowest BCUT2D eigenvalue weighted by atomic mass is 9.95. The lowest BCUT2D eigenvalue weighted by Gasteiger charge is -2.17. The topological polar surface area (TPSA) is 124 Å². The van der Waals surface area contributed by atoms with E-state index in [1.54, 1.807) is 38.1 Å². The van der Waals surface area contributed by atoms with E-state index in [1.165, 1.54) is 6.20 Å². The summed E-state index contributed by atoms with van der Waals surface area (Å²) in [7, 11) is 0. The number of ether oxygens (including phenoxy) is 1. The van der Waals surface area contributed by atoms with Gasteiger partial charge in [-0.1, -0.05) is 32.5 Å². The van der Waals surface area contributed by atoms with Gasteiger partial charge in [-0.15, -0.1) is 0 Å². The number of nitrogens with two attached hydrogens (primary N) is 1. The fourth-order valence-electron chi connectivity index (χ4n) is 2.28. The Morgan fingerprint density at radius 2 is 1.83 bits per heavy atom. The molecule has 0 fully saturated rings. The Balaban J connectivity index is 2.04. The largest absolute Gasteiger partial charge is 0.462 e. The van der Waals surface area contributed by atoms with Crippen molar-refractivity contribution >= 4 is 40.9 Å². The van der Waals surface area contributed by atoms with Crippen molar-refractivity contribution in [2.24, 2.45) is 5.41 Å². The first-order valence-corrected chi connectivity index (χ1v) is 10.3. The summed E-state index contributed by atoms with van der Waals surface area (Å²) in [5.41, 5.74) is 6.52. The normalized spacial score (nSPS) is 12.2. The Morgan fingerprint density at radius 3 is 2.37 bits per heavy atom. The number of ketones is 1. The van der Waals surface area contributed by atoms with E-state index in [2.05, 4.69) is 15.3 Å². The lowest BCUT2D eigenvalue weighted by Crippen LogP contribution is -2.27. The number of carbonyl (C=O) groups is 3. The van der Waals surface area contributed by atoms with Crippen molar-refractivity contribution in [3.63, 3.8) is 0 Å². The van der Waals surface area contributed by atoms with Gasteiger partial charge in [0, 0.05) is 22.9 Å². The quantitative estimate of drug-likeness (QED) is 0.296. The highest BCUT2D eigenvalue weighted by atomic mass is 32.2. The fourth-order valence-corrected chi connectivity index (χ4v) is 3.11. The van der Waals surface area contributed by atoms with Gasteiger partial charge in [0.25, 0.3) is 0 Å². The molecule has 1 aromatic carbocycles. The van der Waals surface area contributed by atoms with E-state index in [1.807, 2.05) is 20.8 Å². The Kier molecular flexibility index (Phi) is 7.55. The molecule has 0 spiro atoms. The molecule has 1 atom stereocenters. The van der Waals surface area contributed by atoms with Crippen molar-refractivity contribution in [3.8, 4) is 0 Å². The molecule has 0 radical (unpaired) electrons. The van der Waals surface area contributed by atoms with E-state index in [4.69, 9.17) is 10.5 Å². The zero-order chi connectivity index (χ0) is 22.5. The Morgan fingerprint density at radius 1 is 1.20 bits per heavy atom. The molecule has 9 heteroatoms. The summed E-state index contributed by atoms with van der Waals surface area (Å²) in [6.07, 6.45) is 1.30. The molecule has 0 aliphatic carbocycles. The van der Waals surface area contributed by atoms with E-state index < -0.39 is 16.6 Å². The number of esters is 1. The predicted octanol–water partition coefficient (Wildman–Crippen LogP) is 3.58. The van der Waals surface area contributed by atoms with E-state index in [-0.39, 0.29) is 34.8 Å². The number of aromatic nitrogens is 2. The van der Waals surface area contributed by atoms with Crippen molar-refractivity contribution in [2.75, 3.05) is 17.7 Å². The number of nitrogens with zero attached hydrogens (tertiary/aromatic N) is 2. The molecular weight excluding hydrogens is 404 g/mol. The van der Waals surface area contributed by atoms with Gasteiger partial charge < -0.3 is 15.8 Å². The number of benzene rings is 1. The monoisotopic (exact) mass is 430 g/mol. The maximum absolute atomic E-state index is 12.7. The molecule has 0 saturated heterocycles. The minimum absolute atomic E-state index is 0.00421. The third-order valence-corrected chi connectivity index (χ3v) is 5.03. The minimum Gasteiger partial charge on any atom is -0.462 e. The van der Waals surface area contributed by atoms with Crippen LogP contribution >= 0.6 is 11.8 Å². The van der Waals surface area contributed by atoms with Gasteiger partial charge in [-0.25, -0.2) is 14.8 Å². The summed E-state index contributed by atoms with van der Waals surface area (Å²) in [5.74, 6) is -0.810. The van der Waals surface area contributed by atoms with Gasteiger partial charge >= 0.3 is 5.97 Å². The number of amides is 1. The highest BCUT2D eigenvalue weighted by molar-refractivity contribution is 8.00. The number of hydrogen-bond donors (Lipinski definition) is 2. The molecule has 3 N–H and O–H groups in total. The van der Waals surface area contributed by atoms with Crippen molar-refractivity contribution in [1.29, 1.82) is 0 Å². The first-order valence-electron chi connectivity index (χ1n) is 9.45. The van der Waals surface area contributed by atoms with Gasteiger partial charge in [-0.05, 0) is 38.1 Å². The molecule has 0 bridgehead atoms. The average molecular weight is 431 g/mol. The summed E-state index contributed by atoms with van der Waals surface area (Å²) >= 11 is 1.14. The van der Waals surface area contributed by atoms with Crippen LogP contribution in [0.25, 0.3) is 0 Å². The number of nitrogens with one attached hydrogen (secondary N) is 1. The predicted molar refractivity (Wildman–Crippen MR) is 117 cm³/mol. The highest BCUT2D eigenvalue weighted by Gasteiger charge is 2.22. The van der Waals surface area contributed by atoms with Crippen LogP contribution in [0.15, 0.2) is 35.6 Å². The molecule has 1 unspecified atom stereocenters. The number of anilines is 2. The molecule has 1 aromatic heterocycles. The van der Waals surface area contributed by atoms with Gasteiger partial charge in [0.05, 0.1) is 11.9 Å². The van der Waals surface area contributed by atoms with Gasteiger partial charge in [0.2, 0.25) is 5.91 Å². The summed E-state index contributed by atoms with van der Waals surface area (Å²) < 4.78 is 4.89. The van der Waals surface area contributed by atoms with Gasteiger partial charge in [0.1, 0.15) is 11.4 Å². The standard InChI is InChI=1S/C21H26N4O4S/c1-6-29-18(27)15-11-23-20(25-17(15)22)30-12(2)16(26)13-7-9-14(10-8-13)24-19(28)21(3,4)5/h7-12H,6H2,1-5H3,(H,24,28)(H2,22,23,25). The van der Waals surface area contributed by atoms with Gasteiger partial charge in [0.15, 0.2) is 10.9 Å². The lowest BCUT2D eigenvalue weighted by molar-refractivity contribution is -0.123. The second-order valence-corrected chi connectivity index (χ2v) is 8.89. The number of rotatable bonds is 7. The first-order chi connectivity index (χ1) is 14.0. The molecule has 0 saturated carbocycles. The van der Waals surface area contributed by atoms with Gasteiger partial charge in [-0.3, -0.25) is 9.59 Å². The summed E-state index contributed by atoms with van der Waals surface area (Å²) in [5, 5.41) is 2.63. The molecule has 8 nitrogen and oxygen atoms in total. The number of hydrogen-bond acceptors (Lipinski definition) is 8. The van der Waals surface area contributed by atoms with Crippen molar-refractivity contribution in [2.45, 2.75) is 45.0 Å². The minimum atomic E-state index is -0.589.